The van der Waals surface area contributed by atoms with E-state index in [0.717, 1.165) is 0 Å². The van der Waals surface area contributed by atoms with Crippen LogP contribution in [0.1, 0.15) is 21.5 Å². The second-order valence-corrected chi connectivity index (χ2v) is 4.43. The summed E-state index contributed by atoms with van der Waals surface area (Å²) < 4.78 is 13.7. The highest BCUT2D eigenvalue weighted by atomic mass is 19.1. The lowest BCUT2D eigenvalue weighted by molar-refractivity contribution is 0.102. The molecule has 2 aromatic carbocycles. The molecule has 21 heavy (non-hydrogen) atoms. The minimum atomic E-state index is -0.473. The Labute approximate surface area is 122 Å². The predicted molar refractivity (Wildman–Crippen MR) is 79.5 cm³/mol. The number of amides is 1. The Morgan fingerprint density at radius 2 is 2.05 bits per heavy atom. The van der Waals surface area contributed by atoms with Gasteiger partial charge in [-0.1, -0.05) is 30.0 Å². The average Bonchev–Trinajstić information content (AvgIpc) is 2.49. The molecule has 0 unspecified atom stereocenters. The number of aliphatic hydroxyl groups excluding tert-OH is 1. The van der Waals surface area contributed by atoms with E-state index >= 15 is 0 Å². The molecule has 4 heteroatoms. The fourth-order valence-electron chi connectivity index (χ4n) is 1.86. The summed E-state index contributed by atoms with van der Waals surface area (Å²) in [6.07, 6.45) is 0. The van der Waals surface area contributed by atoms with Gasteiger partial charge in [-0.25, -0.2) is 4.39 Å². The zero-order chi connectivity index (χ0) is 15.2. The van der Waals surface area contributed by atoms with Crippen LogP contribution in [0.2, 0.25) is 0 Å². The van der Waals surface area contributed by atoms with Gasteiger partial charge >= 0.3 is 0 Å². The third kappa shape index (κ3) is 3.68. The van der Waals surface area contributed by atoms with Crippen LogP contribution in [0.5, 0.6) is 0 Å². The van der Waals surface area contributed by atoms with Crippen LogP contribution in [0.4, 0.5) is 10.1 Å². The standard InChI is InChI=1S/C17H14FNO2/c1-12-5-2-9-15(18)16(12)19-17(21)14-8-3-6-13(11-14)7-4-10-20/h2-3,5-6,8-9,11,20H,10H2,1H3,(H,19,21). The van der Waals surface area contributed by atoms with Crippen molar-refractivity contribution in [3.8, 4) is 11.8 Å². The Hall–Kier alpha value is -2.64. The maximum absolute atomic E-state index is 13.7. The fraction of sp³-hybridized carbons (Fsp3) is 0.118. The van der Waals surface area contributed by atoms with E-state index in [4.69, 9.17) is 5.11 Å². The Morgan fingerprint density at radius 1 is 1.29 bits per heavy atom. The number of hydrogen-bond donors (Lipinski definition) is 2. The molecule has 2 rings (SSSR count). The summed E-state index contributed by atoms with van der Waals surface area (Å²) in [5.74, 6) is 4.36. The third-order valence-corrected chi connectivity index (χ3v) is 2.90. The number of carbonyl (C=O) groups excluding carboxylic acids is 1. The number of anilines is 1. The molecular weight excluding hydrogens is 269 g/mol. The molecular formula is C17H14FNO2. The number of hydrogen-bond acceptors (Lipinski definition) is 2. The molecule has 0 spiro atoms. The molecule has 106 valence electrons. The molecule has 3 nitrogen and oxygen atoms in total. The number of carbonyl (C=O) groups is 1. The Kier molecular flexibility index (Phi) is 4.70. The van der Waals surface area contributed by atoms with Crippen molar-refractivity contribution in [1.82, 2.24) is 0 Å². The number of halogens is 1. The van der Waals surface area contributed by atoms with E-state index in [-0.39, 0.29) is 12.3 Å². The topological polar surface area (TPSA) is 49.3 Å². The molecule has 1 amide bonds. The van der Waals surface area contributed by atoms with Gasteiger partial charge in [-0.15, -0.1) is 0 Å². The van der Waals surface area contributed by atoms with Crippen LogP contribution >= 0.6 is 0 Å². The molecule has 0 saturated heterocycles. The van der Waals surface area contributed by atoms with Crippen molar-refractivity contribution in [3.05, 3.63) is 65.0 Å². The molecule has 0 aromatic heterocycles. The van der Waals surface area contributed by atoms with Gasteiger partial charge < -0.3 is 10.4 Å². The maximum atomic E-state index is 13.7. The van der Waals surface area contributed by atoms with Gasteiger partial charge in [0.1, 0.15) is 12.4 Å². The van der Waals surface area contributed by atoms with Crippen LogP contribution in [0.3, 0.4) is 0 Å². The van der Waals surface area contributed by atoms with Crippen LogP contribution < -0.4 is 5.32 Å². The molecule has 0 aliphatic carbocycles. The number of aliphatic hydroxyl groups is 1. The van der Waals surface area contributed by atoms with E-state index in [2.05, 4.69) is 17.2 Å². The lowest BCUT2D eigenvalue weighted by Crippen LogP contribution is -2.14. The highest BCUT2D eigenvalue weighted by Gasteiger charge is 2.11. The highest BCUT2D eigenvalue weighted by Crippen LogP contribution is 2.19. The zero-order valence-electron chi connectivity index (χ0n) is 11.5. The number of nitrogens with one attached hydrogen (secondary N) is 1. The molecule has 0 fully saturated rings. The summed E-state index contributed by atoms with van der Waals surface area (Å²) in [6, 6.07) is 11.2. The lowest BCUT2D eigenvalue weighted by atomic mass is 10.1. The van der Waals surface area contributed by atoms with Crippen molar-refractivity contribution in [3.63, 3.8) is 0 Å². The molecule has 0 aliphatic rings. The first kappa shape index (κ1) is 14.8. The summed E-state index contributed by atoms with van der Waals surface area (Å²) >= 11 is 0. The lowest BCUT2D eigenvalue weighted by Gasteiger charge is -2.09. The van der Waals surface area contributed by atoms with Gasteiger partial charge in [0.05, 0.1) is 5.69 Å². The van der Waals surface area contributed by atoms with E-state index in [9.17, 15) is 9.18 Å². The molecule has 0 radical (unpaired) electrons. The summed E-state index contributed by atoms with van der Waals surface area (Å²) in [5.41, 5.74) is 1.82. The van der Waals surface area contributed by atoms with E-state index in [1.165, 1.54) is 6.07 Å². The van der Waals surface area contributed by atoms with Crippen LogP contribution in [0.15, 0.2) is 42.5 Å². The number of para-hydroxylation sites is 1. The molecule has 0 saturated carbocycles. The fourth-order valence-corrected chi connectivity index (χ4v) is 1.86. The Morgan fingerprint density at radius 3 is 2.76 bits per heavy atom. The average molecular weight is 283 g/mol. The largest absolute Gasteiger partial charge is 0.384 e. The summed E-state index contributed by atoms with van der Waals surface area (Å²) in [7, 11) is 0. The molecule has 0 bridgehead atoms. The van der Waals surface area contributed by atoms with E-state index in [0.29, 0.717) is 16.7 Å². The van der Waals surface area contributed by atoms with Crippen molar-refractivity contribution in [1.29, 1.82) is 0 Å². The minimum absolute atomic E-state index is 0.175. The van der Waals surface area contributed by atoms with Gasteiger partial charge in [0.25, 0.3) is 5.91 Å². The van der Waals surface area contributed by atoms with Crippen molar-refractivity contribution in [2.24, 2.45) is 0 Å². The monoisotopic (exact) mass is 283 g/mol. The number of rotatable bonds is 2. The molecule has 0 aliphatic heterocycles. The van der Waals surface area contributed by atoms with E-state index in [1.54, 1.807) is 43.3 Å². The first-order valence-corrected chi connectivity index (χ1v) is 6.38. The van der Waals surface area contributed by atoms with Gasteiger partial charge in [-0.3, -0.25) is 4.79 Å². The van der Waals surface area contributed by atoms with Crippen molar-refractivity contribution >= 4 is 11.6 Å². The SMILES string of the molecule is Cc1cccc(F)c1NC(=O)c1cccc(C#CCO)c1. The van der Waals surface area contributed by atoms with Crippen molar-refractivity contribution in [2.45, 2.75) is 6.92 Å². The highest BCUT2D eigenvalue weighted by molar-refractivity contribution is 6.04. The first-order chi connectivity index (χ1) is 10.1. The third-order valence-electron chi connectivity index (χ3n) is 2.90. The van der Waals surface area contributed by atoms with Gasteiger partial charge in [0, 0.05) is 11.1 Å². The molecule has 0 atom stereocenters. The van der Waals surface area contributed by atoms with Crippen LogP contribution in [-0.2, 0) is 0 Å². The zero-order valence-corrected chi connectivity index (χ0v) is 11.5. The quantitative estimate of drug-likeness (QED) is 0.833. The van der Waals surface area contributed by atoms with Crippen LogP contribution in [-0.4, -0.2) is 17.6 Å². The second kappa shape index (κ2) is 6.69. The van der Waals surface area contributed by atoms with E-state index in [1.807, 2.05) is 0 Å². The maximum Gasteiger partial charge on any atom is 0.255 e. The van der Waals surface area contributed by atoms with Crippen LogP contribution in [0.25, 0.3) is 0 Å². The smallest absolute Gasteiger partial charge is 0.255 e. The molecule has 0 heterocycles. The van der Waals surface area contributed by atoms with Gasteiger partial charge in [-0.05, 0) is 36.8 Å². The van der Waals surface area contributed by atoms with Gasteiger partial charge in [0.15, 0.2) is 0 Å². The van der Waals surface area contributed by atoms with Crippen molar-refractivity contribution < 1.29 is 14.3 Å². The van der Waals surface area contributed by atoms with Crippen LogP contribution in [0, 0.1) is 24.6 Å². The summed E-state index contributed by atoms with van der Waals surface area (Å²) in [6.45, 7) is 1.48. The van der Waals surface area contributed by atoms with Gasteiger partial charge in [0.2, 0.25) is 0 Å². The molecule has 2 aromatic rings. The molecule has 2 N–H and O–H groups in total. The predicted octanol–water partition coefficient (Wildman–Crippen LogP) is 2.73. The minimum Gasteiger partial charge on any atom is -0.384 e. The Bertz CT molecular complexity index is 709. The number of benzene rings is 2. The second-order valence-electron chi connectivity index (χ2n) is 4.43. The first-order valence-electron chi connectivity index (χ1n) is 6.38. The Balaban J connectivity index is 2.25. The van der Waals surface area contributed by atoms with E-state index < -0.39 is 11.7 Å². The number of aryl methyl sites for hydroxylation is 1. The normalized spacial score (nSPS) is 9.67. The van der Waals surface area contributed by atoms with Crippen molar-refractivity contribution in [2.75, 3.05) is 11.9 Å². The summed E-state index contributed by atoms with van der Waals surface area (Å²) in [5, 5.41) is 11.2. The van der Waals surface area contributed by atoms with Gasteiger partial charge in [-0.2, -0.15) is 0 Å². The summed E-state index contributed by atoms with van der Waals surface area (Å²) in [4.78, 5) is 12.2.